The smallest absolute Gasteiger partial charge is 0.341 e. The summed E-state index contributed by atoms with van der Waals surface area (Å²) in [4.78, 5) is 15.0. The van der Waals surface area contributed by atoms with Crippen LogP contribution in [0.3, 0.4) is 0 Å². The molecule has 1 saturated carbocycles. The van der Waals surface area contributed by atoms with Crippen LogP contribution in [0.5, 0.6) is 0 Å². The maximum atomic E-state index is 13.4. The van der Waals surface area contributed by atoms with Gasteiger partial charge in [0.25, 0.3) is 0 Å². The van der Waals surface area contributed by atoms with Gasteiger partial charge in [0, 0.05) is 6.20 Å². The topological polar surface area (TPSA) is 39.2 Å². The molecule has 1 aliphatic rings. The summed E-state index contributed by atoms with van der Waals surface area (Å²) in [5, 5.41) is 0. The minimum Gasteiger partial charge on any atom is -0.459 e. The molecule has 3 nitrogen and oxygen atoms in total. The number of halogens is 2. The molecule has 0 saturated heterocycles. The predicted molar refractivity (Wildman–Crippen MR) is 65.6 cm³/mol. The van der Waals surface area contributed by atoms with Gasteiger partial charge in [0.05, 0.1) is 0 Å². The summed E-state index contributed by atoms with van der Waals surface area (Å²) in [7, 11) is 0. The first kappa shape index (κ1) is 13.9. The molecule has 19 heavy (non-hydrogen) atoms. The molecule has 0 N–H and O–H groups in total. The van der Waals surface area contributed by atoms with Crippen LogP contribution in [0.4, 0.5) is 8.78 Å². The molecule has 0 aromatic carbocycles. The number of carbonyl (C=O) groups is 1. The Balaban J connectivity index is 2.02. The number of pyridine rings is 1. The van der Waals surface area contributed by atoms with Gasteiger partial charge in [-0.3, -0.25) is 0 Å². The lowest BCUT2D eigenvalue weighted by atomic mass is 9.85. The molecule has 1 fully saturated rings. The Morgan fingerprint density at radius 3 is 3.00 bits per heavy atom. The van der Waals surface area contributed by atoms with Gasteiger partial charge >= 0.3 is 5.97 Å². The van der Waals surface area contributed by atoms with E-state index in [1.54, 1.807) is 0 Å². The average Bonchev–Trinajstić information content (AvgIpc) is 2.42. The number of aromatic nitrogens is 1. The highest BCUT2D eigenvalue weighted by molar-refractivity contribution is 5.89. The van der Waals surface area contributed by atoms with Crippen LogP contribution >= 0.6 is 0 Å². The fourth-order valence-corrected chi connectivity index (χ4v) is 2.51. The van der Waals surface area contributed by atoms with Gasteiger partial charge in [-0.1, -0.05) is 19.8 Å². The zero-order chi connectivity index (χ0) is 13.8. The van der Waals surface area contributed by atoms with Crippen molar-refractivity contribution in [1.82, 2.24) is 4.98 Å². The lowest BCUT2D eigenvalue weighted by molar-refractivity contribution is 0.0134. The lowest BCUT2D eigenvalue weighted by Crippen LogP contribution is -2.26. The minimum atomic E-state index is -1.27. The Morgan fingerprint density at radius 2 is 2.26 bits per heavy atom. The van der Waals surface area contributed by atoms with Crippen molar-refractivity contribution in [2.24, 2.45) is 5.92 Å². The average molecular weight is 269 g/mol. The summed E-state index contributed by atoms with van der Waals surface area (Å²) in [6.45, 7) is 2.10. The van der Waals surface area contributed by atoms with Gasteiger partial charge in [-0.2, -0.15) is 4.39 Å². The van der Waals surface area contributed by atoms with Crippen molar-refractivity contribution < 1.29 is 18.3 Å². The number of hydrogen-bond donors (Lipinski definition) is 0. The van der Waals surface area contributed by atoms with Gasteiger partial charge in [0.2, 0.25) is 5.95 Å². The Morgan fingerprint density at radius 1 is 1.47 bits per heavy atom. The van der Waals surface area contributed by atoms with Crippen molar-refractivity contribution >= 4 is 5.97 Å². The quantitative estimate of drug-likeness (QED) is 0.623. The number of nitrogens with zero attached hydrogens (tertiary/aromatic N) is 1. The third kappa shape index (κ3) is 3.28. The maximum Gasteiger partial charge on any atom is 0.341 e. The predicted octanol–water partition coefficient (Wildman–Crippen LogP) is 3.49. The summed E-state index contributed by atoms with van der Waals surface area (Å²) in [5.41, 5.74) is -0.383. The summed E-state index contributed by atoms with van der Waals surface area (Å²) >= 11 is 0. The summed E-state index contributed by atoms with van der Waals surface area (Å²) in [6, 6.07) is 1.14. The second-order valence-corrected chi connectivity index (χ2v) is 4.93. The number of ether oxygens (including phenoxy) is 1. The molecule has 104 valence electrons. The molecule has 0 radical (unpaired) electrons. The molecule has 0 bridgehead atoms. The molecule has 0 spiro atoms. The molecule has 0 amide bonds. The Bertz CT molecular complexity index is 465. The van der Waals surface area contributed by atoms with Gasteiger partial charge in [-0.25, -0.2) is 14.2 Å². The summed E-state index contributed by atoms with van der Waals surface area (Å²) in [5.74, 6) is -2.77. The van der Waals surface area contributed by atoms with E-state index < -0.39 is 17.7 Å². The van der Waals surface area contributed by atoms with Gasteiger partial charge in [-0.05, 0) is 31.2 Å². The van der Waals surface area contributed by atoms with E-state index in [-0.39, 0.29) is 11.7 Å². The highest BCUT2D eigenvalue weighted by Gasteiger charge is 2.26. The van der Waals surface area contributed by atoms with E-state index in [1.807, 2.05) is 0 Å². The van der Waals surface area contributed by atoms with Crippen LogP contribution in [0.2, 0.25) is 0 Å². The van der Waals surface area contributed by atoms with Crippen LogP contribution < -0.4 is 0 Å². The monoisotopic (exact) mass is 269 g/mol. The van der Waals surface area contributed by atoms with Crippen molar-refractivity contribution in [3.05, 3.63) is 29.6 Å². The Labute approximate surface area is 111 Å². The van der Waals surface area contributed by atoms with Crippen molar-refractivity contribution in [3.8, 4) is 0 Å². The lowest BCUT2D eigenvalue weighted by Gasteiger charge is -2.28. The molecular formula is C14H17F2NO2. The van der Waals surface area contributed by atoms with Gasteiger partial charge in [0.15, 0.2) is 5.82 Å². The fraction of sp³-hybridized carbons (Fsp3) is 0.571. The van der Waals surface area contributed by atoms with Crippen LogP contribution in [0, 0.1) is 17.7 Å². The van der Waals surface area contributed by atoms with Gasteiger partial charge in [0.1, 0.15) is 11.7 Å². The highest BCUT2D eigenvalue weighted by Crippen LogP contribution is 2.29. The van der Waals surface area contributed by atoms with Gasteiger partial charge < -0.3 is 4.74 Å². The van der Waals surface area contributed by atoms with Crippen molar-refractivity contribution in [1.29, 1.82) is 0 Å². The highest BCUT2D eigenvalue weighted by atomic mass is 19.2. The molecule has 0 aliphatic heterocycles. The van der Waals surface area contributed by atoms with Crippen LogP contribution in [-0.2, 0) is 4.74 Å². The Kier molecular flexibility index (Phi) is 4.45. The SMILES string of the molecule is CCC1CCCC(OC(=O)c2ccnc(F)c2F)C1. The molecule has 2 atom stereocenters. The fourth-order valence-electron chi connectivity index (χ4n) is 2.51. The van der Waals surface area contributed by atoms with Gasteiger partial charge in [-0.15, -0.1) is 0 Å². The molecule has 1 aromatic rings. The molecule has 2 rings (SSSR count). The first-order valence-corrected chi connectivity index (χ1v) is 6.62. The van der Waals surface area contributed by atoms with Crippen molar-refractivity contribution in [2.45, 2.75) is 45.1 Å². The van der Waals surface area contributed by atoms with E-state index in [2.05, 4.69) is 11.9 Å². The van der Waals surface area contributed by atoms with Crippen molar-refractivity contribution in [3.63, 3.8) is 0 Å². The first-order valence-electron chi connectivity index (χ1n) is 6.62. The molecule has 2 unspecified atom stereocenters. The zero-order valence-electron chi connectivity index (χ0n) is 10.9. The normalized spacial score (nSPS) is 23.1. The number of esters is 1. The van der Waals surface area contributed by atoms with Crippen molar-refractivity contribution in [2.75, 3.05) is 0 Å². The standard InChI is InChI=1S/C14H17F2NO2/c1-2-9-4-3-5-10(8-9)19-14(18)11-6-7-17-13(16)12(11)15/h6-7,9-10H,2-5,8H2,1H3. The largest absolute Gasteiger partial charge is 0.459 e. The second-order valence-electron chi connectivity index (χ2n) is 4.93. The first-order chi connectivity index (χ1) is 9.11. The summed E-state index contributed by atoms with van der Waals surface area (Å²) < 4.78 is 31.6. The molecule has 1 aromatic heterocycles. The maximum absolute atomic E-state index is 13.4. The Hall–Kier alpha value is -1.52. The number of carbonyl (C=O) groups excluding carboxylic acids is 1. The van der Waals surface area contributed by atoms with E-state index >= 15 is 0 Å². The summed E-state index contributed by atoms with van der Waals surface area (Å²) in [6.07, 6.45) is 5.65. The third-order valence-electron chi connectivity index (χ3n) is 3.65. The van der Waals surface area contributed by atoms with E-state index in [0.29, 0.717) is 5.92 Å². The second kappa shape index (κ2) is 6.08. The minimum absolute atomic E-state index is 0.193. The van der Waals surface area contributed by atoms with Crippen LogP contribution in [0.25, 0.3) is 0 Å². The zero-order valence-corrected chi connectivity index (χ0v) is 10.9. The van der Waals surface area contributed by atoms with E-state index in [4.69, 9.17) is 4.74 Å². The third-order valence-corrected chi connectivity index (χ3v) is 3.65. The van der Waals surface area contributed by atoms with E-state index in [1.165, 1.54) is 0 Å². The van der Waals surface area contributed by atoms with Crippen LogP contribution in [-0.4, -0.2) is 17.1 Å². The molecular weight excluding hydrogens is 252 g/mol. The molecule has 1 heterocycles. The number of rotatable bonds is 3. The van der Waals surface area contributed by atoms with E-state index in [0.717, 1.165) is 44.4 Å². The number of hydrogen-bond acceptors (Lipinski definition) is 3. The van der Waals surface area contributed by atoms with Crippen LogP contribution in [0.15, 0.2) is 12.3 Å². The van der Waals surface area contributed by atoms with E-state index in [9.17, 15) is 13.6 Å². The molecule has 1 aliphatic carbocycles. The molecule has 5 heteroatoms. The van der Waals surface area contributed by atoms with Crippen LogP contribution in [0.1, 0.15) is 49.4 Å².